The number of piperazine rings is 1. The molecule has 0 spiro atoms. The molecule has 0 aromatic carbocycles. The van der Waals surface area contributed by atoms with E-state index < -0.39 is 0 Å². The first-order valence-corrected chi connectivity index (χ1v) is 8.74. The first kappa shape index (κ1) is 15.4. The summed E-state index contributed by atoms with van der Waals surface area (Å²) in [6.45, 7) is 9.48. The van der Waals surface area contributed by atoms with Gasteiger partial charge in [0.2, 0.25) is 5.95 Å². The smallest absolute Gasteiger partial charge is 0.225 e. The summed E-state index contributed by atoms with van der Waals surface area (Å²) < 4.78 is 1.84. The molecule has 1 fully saturated rings. The lowest BCUT2D eigenvalue weighted by molar-refractivity contribution is 0.208. The van der Waals surface area contributed by atoms with E-state index >= 15 is 0 Å². The van der Waals surface area contributed by atoms with Gasteiger partial charge in [0.25, 0.3) is 0 Å². The maximum Gasteiger partial charge on any atom is 0.225 e. The van der Waals surface area contributed by atoms with Gasteiger partial charge in [0, 0.05) is 58.2 Å². The molecule has 0 amide bonds. The van der Waals surface area contributed by atoms with Gasteiger partial charge in [0.1, 0.15) is 0 Å². The topological polar surface area (TPSA) is 62.1 Å². The average molecular weight is 327 g/mol. The molecule has 24 heavy (non-hydrogen) atoms. The second-order valence-electron chi connectivity index (χ2n) is 6.90. The van der Waals surface area contributed by atoms with Crippen molar-refractivity contribution in [1.82, 2.24) is 24.6 Å². The van der Waals surface area contributed by atoms with Gasteiger partial charge in [0.05, 0.1) is 11.3 Å². The third kappa shape index (κ3) is 2.73. The standard InChI is InChI=1S/C17H25N7/c1-12(2)23-6-8-24(9-7-23)17-19-10-13-4-5-18-16-14(15(13)20-17)11-22(3)21-16/h10-12H,4-9H2,1-3H3,(H,18,21). The molecular weight excluding hydrogens is 302 g/mol. The second kappa shape index (κ2) is 6.05. The summed E-state index contributed by atoms with van der Waals surface area (Å²) in [5.74, 6) is 1.76. The van der Waals surface area contributed by atoms with Gasteiger partial charge in [-0.1, -0.05) is 0 Å². The van der Waals surface area contributed by atoms with Crippen LogP contribution in [0.1, 0.15) is 19.4 Å². The van der Waals surface area contributed by atoms with Crippen molar-refractivity contribution < 1.29 is 0 Å². The van der Waals surface area contributed by atoms with Crippen molar-refractivity contribution in [3.8, 4) is 11.3 Å². The van der Waals surface area contributed by atoms with Crippen LogP contribution >= 0.6 is 0 Å². The number of fused-ring (bicyclic) bond motifs is 3. The fraction of sp³-hybridized carbons (Fsp3) is 0.588. The van der Waals surface area contributed by atoms with Gasteiger partial charge in [-0.3, -0.25) is 9.58 Å². The van der Waals surface area contributed by atoms with Crippen LogP contribution in [-0.4, -0.2) is 63.4 Å². The normalized spacial score (nSPS) is 18.1. The van der Waals surface area contributed by atoms with E-state index in [4.69, 9.17) is 4.98 Å². The SMILES string of the molecule is CC(C)N1CCN(c2ncc3c(n2)-c2cn(C)nc2NCC3)CC1. The lowest BCUT2D eigenvalue weighted by atomic mass is 10.1. The number of nitrogens with zero attached hydrogens (tertiary/aromatic N) is 6. The Kier molecular flexibility index (Phi) is 3.88. The number of nitrogens with one attached hydrogen (secondary N) is 1. The molecule has 128 valence electrons. The molecule has 0 aliphatic carbocycles. The summed E-state index contributed by atoms with van der Waals surface area (Å²) in [6.07, 6.45) is 4.97. The summed E-state index contributed by atoms with van der Waals surface area (Å²) in [5.41, 5.74) is 3.30. The Morgan fingerprint density at radius 1 is 1.17 bits per heavy atom. The Labute approximate surface area is 142 Å². The first-order valence-electron chi connectivity index (χ1n) is 8.74. The van der Waals surface area contributed by atoms with Crippen LogP contribution < -0.4 is 10.2 Å². The summed E-state index contributed by atoms with van der Waals surface area (Å²) in [5, 5.41) is 7.90. The van der Waals surface area contributed by atoms with Crippen molar-refractivity contribution in [2.45, 2.75) is 26.3 Å². The molecular formula is C17H25N7. The Hall–Kier alpha value is -2.15. The first-order chi connectivity index (χ1) is 11.6. The molecule has 2 aromatic rings. The number of anilines is 2. The van der Waals surface area contributed by atoms with Gasteiger partial charge in [-0.25, -0.2) is 9.97 Å². The van der Waals surface area contributed by atoms with E-state index in [0.29, 0.717) is 6.04 Å². The number of aryl methyl sites for hydroxylation is 1. The van der Waals surface area contributed by atoms with Crippen molar-refractivity contribution in [1.29, 1.82) is 0 Å². The van der Waals surface area contributed by atoms with E-state index in [1.807, 2.05) is 24.1 Å². The molecule has 0 atom stereocenters. The van der Waals surface area contributed by atoms with Crippen LogP contribution in [0.2, 0.25) is 0 Å². The van der Waals surface area contributed by atoms with E-state index in [0.717, 1.165) is 62.2 Å². The minimum atomic E-state index is 0.601. The summed E-state index contributed by atoms with van der Waals surface area (Å²) >= 11 is 0. The van der Waals surface area contributed by atoms with Crippen LogP contribution in [0.15, 0.2) is 12.4 Å². The molecule has 2 aromatic heterocycles. The van der Waals surface area contributed by atoms with Crippen LogP contribution in [0, 0.1) is 0 Å². The lowest BCUT2D eigenvalue weighted by Gasteiger charge is -2.37. The Morgan fingerprint density at radius 2 is 1.96 bits per heavy atom. The van der Waals surface area contributed by atoms with Crippen molar-refractivity contribution >= 4 is 11.8 Å². The van der Waals surface area contributed by atoms with Crippen LogP contribution in [0.4, 0.5) is 11.8 Å². The maximum atomic E-state index is 4.92. The minimum Gasteiger partial charge on any atom is -0.368 e. The minimum absolute atomic E-state index is 0.601. The zero-order valence-electron chi connectivity index (χ0n) is 14.7. The highest BCUT2D eigenvalue weighted by atomic mass is 15.3. The average Bonchev–Trinajstić information content (AvgIpc) is 2.87. The lowest BCUT2D eigenvalue weighted by Crippen LogP contribution is -2.49. The molecule has 2 aliphatic heterocycles. The fourth-order valence-electron chi connectivity index (χ4n) is 3.51. The summed E-state index contributed by atoms with van der Waals surface area (Å²) in [7, 11) is 1.95. The van der Waals surface area contributed by atoms with Crippen LogP contribution in [0.5, 0.6) is 0 Å². The van der Waals surface area contributed by atoms with Gasteiger partial charge in [0.15, 0.2) is 5.82 Å². The highest BCUT2D eigenvalue weighted by Gasteiger charge is 2.24. The Morgan fingerprint density at radius 3 is 2.71 bits per heavy atom. The van der Waals surface area contributed by atoms with Crippen LogP contribution in [-0.2, 0) is 13.5 Å². The quantitative estimate of drug-likeness (QED) is 0.899. The summed E-state index contributed by atoms with van der Waals surface area (Å²) in [4.78, 5) is 14.4. The number of hydrogen-bond acceptors (Lipinski definition) is 6. The van der Waals surface area contributed by atoms with Crippen molar-refractivity contribution in [2.24, 2.45) is 7.05 Å². The highest BCUT2D eigenvalue weighted by Crippen LogP contribution is 2.31. The van der Waals surface area contributed by atoms with Gasteiger partial charge in [-0.15, -0.1) is 0 Å². The van der Waals surface area contributed by atoms with Crippen molar-refractivity contribution in [3.63, 3.8) is 0 Å². The van der Waals surface area contributed by atoms with E-state index in [-0.39, 0.29) is 0 Å². The molecule has 4 heterocycles. The largest absolute Gasteiger partial charge is 0.368 e. The zero-order valence-corrected chi connectivity index (χ0v) is 14.7. The van der Waals surface area contributed by atoms with Gasteiger partial charge >= 0.3 is 0 Å². The van der Waals surface area contributed by atoms with E-state index in [2.05, 4.69) is 39.0 Å². The maximum absolute atomic E-state index is 4.92. The monoisotopic (exact) mass is 327 g/mol. The molecule has 0 unspecified atom stereocenters. The van der Waals surface area contributed by atoms with Gasteiger partial charge < -0.3 is 10.2 Å². The number of rotatable bonds is 2. The molecule has 0 radical (unpaired) electrons. The molecule has 0 saturated carbocycles. The van der Waals surface area contributed by atoms with E-state index in [9.17, 15) is 0 Å². The number of aromatic nitrogens is 4. The third-order valence-corrected chi connectivity index (χ3v) is 4.95. The third-order valence-electron chi connectivity index (χ3n) is 4.95. The molecule has 7 nitrogen and oxygen atoms in total. The van der Waals surface area contributed by atoms with Crippen LogP contribution in [0.3, 0.4) is 0 Å². The van der Waals surface area contributed by atoms with Crippen LogP contribution in [0.25, 0.3) is 11.3 Å². The zero-order chi connectivity index (χ0) is 16.7. The second-order valence-corrected chi connectivity index (χ2v) is 6.90. The van der Waals surface area contributed by atoms with Gasteiger partial charge in [-0.05, 0) is 25.8 Å². The molecule has 7 heteroatoms. The Bertz CT molecular complexity index is 729. The van der Waals surface area contributed by atoms with E-state index in [1.165, 1.54) is 5.56 Å². The molecule has 2 aliphatic rings. The van der Waals surface area contributed by atoms with Crippen molar-refractivity contribution in [3.05, 3.63) is 18.0 Å². The molecule has 1 saturated heterocycles. The van der Waals surface area contributed by atoms with E-state index in [1.54, 1.807) is 0 Å². The fourth-order valence-corrected chi connectivity index (χ4v) is 3.51. The predicted molar refractivity (Wildman–Crippen MR) is 95.3 cm³/mol. The Balaban J connectivity index is 1.63. The molecule has 0 bridgehead atoms. The predicted octanol–water partition coefficient (Wildman–Crippen LogP) is 1.38. The highest BCUT2D eigenvalue weighted by molar-refractivity contribution is 5.76. The molecule has 4 rings (SSSR count). The summed E-state index contributed by atoms with van der Waals surface area (Å²) in [6, 6.07) is 0.601. The van der Waals surface area contributed by atoms with Gasteiger partial charge in [-0.2, -0.15) is 5.10 Å². The molecule has 1 N–H and O–H groups in total. The van der Waals surface area contributed by atoms with Crippen molar-refractivity contribution in [2.75, 3.05) is 42.9 Å². The number of hydrogen-bond donors (Lipinski definition) is 1.